The molecule has 0 aliphatic rings. The van der Waals surface area contributed by atoms with Crippen LogP contribution in [0, 0.1) is 0 Å². The minimum Gasteiger partial charge on any atom is -0.396 e. The fourth-order valence-corrected chi connectivity index (χ4v) is 3.94. The first-order valence-corrected chi connectivity index (χ1v) is 14.2. The van der Waals surface area contributed by atoms with Gasteiger partial charge in [-0.1, -0.05) is 110 Å². The molecule has 1 rings (SSSR count). The second-order valence-electron chi connectivity index (χ2n) is 9.45. The second kappa shape index (κ2) is 29.6. The molecule has 0 aliphatic heterocycles. The molecule has 12 nitrogen and oxygen atoms in total. The molecular formula is C27H48N10O2. The lowest BCUT2D eigenvalue weighted by Crippen LogP contribution is -2.17. The quantitative estimate of drug-likeness (QED) is 0.0571. The molecule has 1 aromatic carbocycles. The van der Waals surface area contributed by atoms with Gasteiger partial charge in [-0.3, -0.25) is 0 Å². The van der Waals surface area contributed by atoms with Crippen molar-refractivity contribution in [3.63, 3.8) is 0 Å². The summed E-state index contributed by atoms with van der Waals surface area (Å²) < 4.78 is 5.66. The lowest BCUT2D eigenvalue weighted by atomic mass is 10.1. The highest BCUT2D eigenvalue weighted by atomic mass is 16.5. The van der Waals surface area contributed by atoms with Gasteiger partial charge in [0.2, 0.25) is 0 Å². The Bertz CT molecular complexity index is 823. The van der Waals surface area contributed by atoms with Crippen molar-refractivity contribution >= 4 is 0 Å². The maximum atomic E-state index is 8.57. The van der Waals surface area contributed by atoms with Gasteiger partial charge < -0.3 is 15.6 Å². The summed E-state index contributed by atoms with van der Waals surface area (Å²) in [6.45, 7) is 2.48. The van der Waals surface area contributed by atoms with E-state index in [4.69, 9.17) is 32.2 Å². The molecular weight excluding hydrogens is 496 g/mol. The van der Waals surface area contributed by atoms with Crippen molar-refractivity contribution in [3.05, 3.63) is 67.2 Å². The largest absolute Gasteiger partial charge is 0.396 e. The molecule has 0 bridgehead atoms. The minimum atomic E-state index is -0.211. The number of aliphatic hydroxyl groups excluding tert-OH is 1. The number of aliphatic hydroxyl groups is 1. The van der Waals surface area contributed by atoms with Crippen LogP contribution in [0.3, 0.4) is 0 Å². The number of ether oxygens (including phenoxy) is 1. The molecule has 2 unspecified atom stereocenters. The van der Waals surface area contributed by atoms with E-state index in [0.29, 0.717) is 19.8 Å². The SMILES string of the molecule is [N-]=[N+]=NC(CN)CCCCCCCCO.[N-]=[N+]=NCC(CCCCCCCCOCc1ccccc1)N=[N+]=[N-]. The second-order valence-corrected chi connectivity index (χ2v) is 9.45. The number of unbranched alkanes of at least 4 members (excludes halogenated alkanes) is 10. The van der Waals surface area contributed by atoms with E-state index in [0.717, 1.165) is 64.4 Å². The number of benzene rings is 1. The van der Waals surface area contributed by atoms with Gasteiger partial charge in [0.25, 0.3) is 0 Å². The summed E-state index contributed by atoms with van der Waals surface area (Å²) in [4.78, 5) is 8.26. The average Bonchev–Trinajstić information content (AvgIpc) is 2.96. The third kappa shape index (κ3) is 25.1. The molecule has 0 aliphatic carbocycles. The summed E-state index contributed by atoms with van der Waals surface area (Å²) in [5.74, 6) is 0. The standard InChI is InChI=1S/C17H26N6O.C10H22N4O/c18-22-20-14-17(21-23-19)12-8-3-1-2-4-9-13-24-15-16-10-6-5-7-11-16;11-9-10(13-14-12)7-5-3-1-2-4-6-8-15/h5-7,10-11,17H,1-4,8-9,12-15H2;10,15H,1-9,11H2. The molecule has 0 fully saturated rings. The van der Waals surface area contributed by atoms with Gasteiger partial charge in [0.05, 0.1) is 6.61 Å². The first-order chi connectivity index (χ1) is 19.2. The van der Waals surface area contributed by atoms with Crippen LogP contribution in [0.2, 0.25) is 0 Å². The average molecular weight is 545 g/mol. The van der Waals surface area contributed by atoms with Crippen LogP contribution in [0.4, 0.5) is 0 Å². The summed E-state index contributed by atoms with van der Waals surface area (Å²) in [5.41, 5.74) is 31.7. The van der Waals surface area contributed by atoms with Gasteiger partial charge in [-0.25, -0.2) is 0 Å². The van der Waals surface area contributed by atoms with Gasteiger partial charge in [-0.2, -0.15) is 0 Å². The Morgan fingerprint density at radius 1 is 0.718 bits per heavy atom. The molecule has 39 heavy (non-hydrogen) atoms. The molecule has 12 heteroatoms. The first-order valence-electron chi connectivity index (χ1n) is 14.2. The smallest absolute Gasteiger partial charge is 0.0716 e. The number of rotatable bonds is 24. The fraction of sp³-hybridized carbons (Fsp3) is 0.778. The summed E-state index contributed by atoms with van der Waals surface area (Å²) in [6.07, 6.45) is 15.0. The lowest BCUT2D eigenvalue weighted by Gasteiger charge is -2.07. The molecule has 0 heterocycles. The minimum absolute atomic E-state index is 0.0348. The van der Waals surface area contributed by atoms with E-state index >= 15 is 0 Å². The molecule has 3 N–H and O–H groups in total. The van der Waals surface area contributed by atoms with E-state index in [1.165, 1.54) is 37.7 Å². The van der Waals surface area contributed by atoms with Crippen molar-refractivity contribution in [2.24, 2.45) is 21.1 Å². The Morgan fingerprint density at radius 3 is 1.82 bits per heavy atom. The zero-order valence-corrected chi connectivity index (χ0v) is 23.4. The van der Waals surface area contributed by atoms with Crippen LogP contribution in [0.1, 0.15) is 95.5 Å². The van der Waals surface area contributed by atoms with Crippen molar-refractivity contribution < 1.29 is 9.84 Å². The van der Waals surface area contributed by atoms with Crippen molar-refractivity contribution in [1.29, 1.82) is 0 Å². The van der Waals surface area contributed by atoms with Crippen LogP contribution in [-0.4, -0.2) is 43.5 Å². The third-order valence-corrected chi connectivity index (χ3v) is 6.19. The van der Waals surface area contributed by atoms with Crippen LogP contribution < -0.4 is 5.73 Å². The number of hydrogen-bond acceptors (Lipinski definition) is 6. The lowest BCUT2D eigenvalue weighted by molar-refractivity contribution is 0.116. The Kier molecular flexibility index (Phi) is 27.3. The van der Waals surface area contributed by atoms with E-state index in [1.54, 1.807) is 0 Å². The van der Waals surface area contributed by atoms with E-state index in [-0.39, 0.29) is 18.6 Å². The molecule has 2 atom stereocenters. The van der Waals surface area contributed by atoms with Crippen molar-refractivity contribution in [2.75, 3.05) is 26.3 Å². The first kappa shape index (κ1) is 36.0. The van der Waals surface area contributed by atoms with Crippen LogP contribution >= 0.6 is 0 Å². The number of azide groups is 3. The molecule has 218 valence electrons. The summed E-state index contributed by atoms with van der Waals surface area (Å²) >= 11 is 0. The van der Waals surface area contributed by atoms with Gasteiger partial charge in [-0.05, 0) is 47.8 Å². The van der Waals surface area contributed by atoms with E-state index in [1.807, 2.05) is 18.2 Å². The van der Waals surface area contributed by atoms with Gasteiger partial charge in [-0.15, -0.1) is 0 Å². The monoisotopic (exact) mass is 544 g/mol. The predicted octanol–water partition coefficient (Wildman–Crippen LogP) is 8.27. The molecule has 0 aromatic heterocycles. The van der Waals surface area contributed by atoms with E-state index in [9.17, 15) is 0 Å². The van der Waals surface area contributed by atoms with Gasteiger partial charge in [0.15, 0.2) is 0 Å². The Hall–Kier alpha value is -2.97. The van der Waals surface area contributed by atoms with Crippen LogP contribution in [0.5, 0.6) is 0 Å². The Morgan fingerprint density at radius 2 is 1.26 bits per heavy atom. The molecule has 0 spiro atoms. The summed E-state index contributed by atoms with van der Waals surface area (Å²) in [7, 11) is 0. The molecule has 0 saturated carbocycles. The normalized spacial score (nSPS) is 11.6. The third-order valence-electron chi connectivity index (χ3n) is 6.19. The van der Waals surface area contributed by atoms with E-state index < -0.39 is 0 Å². The summed E-state index contributed by atoms with van der Waals surface area (Å²) in [6, 6.07) is 9.96. The molecule has 0 amide bonds. The van der Waals surface area contributed by atoms with Crippen molar-refractivity contribution in [1.82, 2.24) is 0 Å². The molecule has 0 saturated heterocycles. The number of nitrogens with two attached hydrogens (primary N) is 1. The van der Waals surface area contributed by atoms with Crippen LogP contribution in [0.25, 0.3) is 31.3 Å². The van der Waals surface area contributed by atoms with Gasteiger partial charge in [0, 0.05) is 53.1 Å². The highest BCUT2D eigenvalue weighted by molar-refractivity contribution is 5.13. The van der Waals surface area contributed by atoms with Crippen LogP contribution in [0.15, 0.2) is 45.7 Å². The maximum absolute atomic E-state index is 8.57. The summed E-state index contributed by atoms with van der Waals surface area (Å²) in [5, 5.41) is 19.3. The Balaban J connectivity index is 0.000000830. The van der Waals surface area contributed by atoms with Crippen LogP contribution in [-0.2, 0) is 11.3 Å². The predicted molar refractivity (Wildman–Crippen MR) is 157 cm³/mol. The number of nitrogens with zero attached hydrogens (tertiary/aromatic N) is 9. The van der Waals surface area contributed by atoms with Crippen molar-refractivity contribution in [2.45, 2.75) is 109 Å². The van der Waals surface area contributed by atoms with Gasteiger partial charge >= 0.3 is 0 Å². The Labute approximate surface area is 233 Å². The fourth-order valence-electron chi connectivity index (χ4n) is 3.94. The van der Waals surface area contributed by atoms with E-state index in [2.05, 4.69) is 42.2 Å². The zero-order valence-electron chi connectivity index (χ0n) is 23.4. The van der Waals surface area contributed by atoms with Crippen molar-refractivity contribution in [3.8, 4) is 0 Å². The number of hydrogen-bond donors (Lipinski definition) is 2. The maximum Gasteiger partial charge on any atom is 0.0716 e. The van der Waals surface area contributed by atoms with Gasteiger partial charge in [0.1, 0.15) is 0 Å². The molecule has 0 radical (unpaired) electrons. The zero-order chi connectivity index (χ0) is 28.7. The highest BCUT2D eigenvalue weighted by Crippen LogP contribution is 2.12. The highest BCUT2D eigenvalue weighted by Gasteiger charge is 2.04. The molecule has 1 aromatic rings. The topological polar surface area (TPSA) is 202 Å².